The zero-order valence-corrected chi connectivity index (χ0v) is 15.1. The number of hydrogen-bond donors (Lipinski definition) is 2. The van der Waals surface area contributed by atoms with Gasteiger partial charge in [0.15, 0.2) is 5.11 Å². The number of nitrogens with one attached hydrogen (secondary N) is 2. The number of rotatable bonds is 5. The highest BCUT2D eigenvalue weighted by molar-refractivity contribution is 7.80. The Morgan fingerprint density at radius 1 is 1.17 bits per heavy atom. The fraction of sp³-hybridized carbons (Fsp3) is 0.632. The number of piperidine rings is 1. The van der Waals surface area contributed by atoms with Gasteiger partial charge in [0.1, 0.15) is 0 Å². The Morgan fingerprint density at radius 3 is 2.43 bits per heavy atom. The first-order chi connectivity index (χ1) is 11.1. The number of thiocarbonyl (C=S) groups is 1. The van der Waals surface area contributed by atoms with E-state index in [0.29, 0.717) is 24.0 Å². The second-order valence-electron chi connectivity index (χ2n) is 7.46. The quantitative estimate of drug-likeness (QED) is 0.810. The van der Waals surface area contributed by atoms with Crippen molar-refractivity contribution in [3.05, 3.63) is 35.9 Å². The summed E-state index contributed by atoms with van der Waals surface area (Å²) in [4.78, 5) is 2.72. The monoisotopic (exact) mass is 331 g/mol. The standard InChI is InChI=1S/C19H29N3S/c1-14(2)12-20-19(23)21-16-10-17-8-9-18(11-16)22(17)13-15-6-4-3-5-7-15/h3-7,14,16-18H,8-13H2,1-2H3,(H2,20,21,23)/t17-,18-/m1/s1. The largest absolute Gasteiger partial charge is 0.362 e. The highest BCUT2D eigenvalue weighted by Gasteiger charge is 2.40. The van der Waals surface area contributed by atoms with Crippen LogP contribution in [0.2, 0.25) is 0 Å². The molecule has 126 valence electrons. The molecule has 0 saturated carbocycles. The number of nitrogens with zero attached hydrogens (tertiary/aromatic N) is 1. The van der Waals surface area contributed by atoms with Crippen LogP contribution in [0.5, 0.6) is 0 Å². The van der Waals surface area contributed by atoms with E-state index in [1.54, 1.807) is 0 Å². The van der Waals surface area contributed by atoms with Crippen molar-refractivity contribution < 1.29 is 0 Å². The van der Waals surface area contributed by atoms with Crippen molar-refractivity contribution in [2.45, 2.75) is 64.2 Å². The van der Waals surface area contributed by atoms with E-state index in [-0.39, 0.29) is 0 Å². The first-order valence-electron chi connectivity index (χ1n) is 8.96. The summed E-state index contributed by atoms with van der Waals surface area (Å²) in [5.41, 5.74) is 1.44. The molecule has 0 spiro atoms. The van der Waals surface area contributed by atoms with Crippen LogP contribution in [0.15, 0.2) is 30.3 Å². The van der Waals surface area contributed by atoms with Crippen LogP contribution in [0.25, 0.3) is 0 Å². The Morgan fingerprint density at radius 2 is 1.83 bits per heavy atom. The van der Waals surface area contributed by atoms with Crippen LogP contribution >= 0.6 is 12.2 Å². The molecule has 0 unspecified atom stereocenters. The summed E-state index contributed by atoms with van der Waals surface area (Å²) in [7, 11) is 0. The van der Waals surface area contributed by atoms with Gasteiger partial charge in [-0.1, -0.05) is 44.2 Å². The van der Waals surface area contributed by atoms with E-state index in [2.05, 4.69) is 59.7 Å². The lowest BCUT2D eigenvalue weighted by Gasteiger charge is -2.39. The van der Waals surface area contributed by atoms with E-state index in [1.165, 1.54) is 31.2 Å². The molecule has 2 aliphatic heterocycles. The zero-order chi connectivity index (χ0) is 16.2. The van der Waals surface area contributed by atoms with Crippen LogP contribution in [0.1, 0.15) is 45.1 Å². The summed E-state index contributed by atoms with van der Waals surface area (Å²) in [6.07, 6.45) is 5.10. The van der Waals surface area contributed by atoms with Gasteiger partial charge in [0.25, 0.3) is 0 Å². The second-order valence-corrected chi connectivity index (χ2v) is 7.87. The summed E-state index contributed by atoms with van der Waals surface area (Å²) in [6, 6.07) is 12.8. The lowest BCUT2D eigenvalue weighted by molar-refractivity contribution is 0.115. The molecule has 23 heavy (non-hydrogen) atoms. The van der Waals surface area contributed by atoms with Gasteiger partial charge in [-0.05, 0) is 49.4 Å². The minimum Gasteiger partial charge on any atom is -0.362 e. The number of fused-ring (bicyclic) bond motifs is 2. The Labute approximate surface area is 145 Å². The van der Waals surface area contributed by atoms with Gasteiger partial charge in [-0.15, -0.1) is 0 Å². The van der Waals surface area contributed by atoms with Crippen molar-refractivity contribution in [3.8, 4) is 0 Å². The van der Waals surface area contributed by atoms with Gasteiger partial charge < -0.3 is 10.6 Å². The highest BCUT2D eigenvalue weighted by Crippen LogP contribution is 2.36. The summed E-state index contributed by atoms with van der Waals surface area (Å²) in [6.45, 7) is 6.46. The van der Waals surface area contributed by atoms with Crippen LogP contribution in [0.3, 0.4) is 0 Å². The SMILES string of the molecule is CC(C)CNC(=S)NC1C[C@H]2CC[C@H](C1)N2Cc1ccccc1. The molecule has 2 N–H and O–H groups in total. The zero-order valence-electron chi connectivity index (χ0n) is 14.3. The summed E-state index contributed by atoms with van der Waals surface area (Å²) in [5, 5.41) is 7.72. The van der Waals surface area contributed by atoms with E-state index < -0.39 is 0 Å². The van der Waals surface area contributed by atoms with Crippen LogP contribution < -0.4 is 10.6 Å². The third kappa shape index (κ3) is 4.45. The molecule has 0 amide bonds. The van der Waals surface area contributed by atoms with Crippen molar-refractivity contribution in [2.75, 3.05) is 6.54 Å². The van der Waals surface area contributed by atoms with Crippen LogP contribution in [0, 0.1) is 5.92 Å². The molecule has 3 nitrogen and oxygen atoms in total. The van der Waals surface area contributed by atoms with E-state index in [4.69, 9.17) is 12.2 Å². The molecule has 0 aliphatic carbocycles. The molecular formula is C19H29N3S. The molecule has 2 saturated heterocycles. The molecule has 2 atom stereocenters. The average Bonchev–Trinajstić information content (AvgIpc) is 2.77. The third-order valence-electron chi connectivity index (χ3n) is 5.10. The van der Waals surface area contributed by atoms with Gasteiger partial charge in [-0.2, -0.15) is 0 Å². The minimum absolute atomic E-state index is 0.534. The lowest BCUT2D eigenvalue weighted by Crippen LogP contribution is -2.52. The van der Waals surface area contributed by atoms with Crippen molar-refractivity contribution in [3.63, 3.8) is 0 Å². The molecule has 1 aromatic carbocycles. The van der Waals surface area contributed by atoms with Crippen LogP contribution in [0.4, 0.5) is 0 Å². The maximum atomic E-state index is 5.45. The summed E-state index contributed by atoms with van der Waals surface area (Å²) < 4.78 is 0. The van der Waals surface area contributed by atoms with E-state index in [1.807, 2.05) is 0 Å². The van der Waals surface area contributed by atoms with Gasteiger partial charge in [0, 0.05) is 31.2 Å². The van der Waals surface area contributed by atoms with Gasteiger partial charge in [0.05, 0.1) is 0 Å². The first-order valence-corrected chi connectivity index (χ1v) is 9.36. The predicted octanol–water partition coefficient (Wildman–Crippen LogP) is 3.30. The van der Waals surface area contributed by atoms with Gasteiger partial charge >= 0.3 is 0 Å². The smallest absolute Gasteiger partial charge is 0.166 e. The Bertz CT molecular complexity index is 503. The molecule has 0 aromatic heterocycles. The Balaban J connectivity index is 1.52. The molecule has 2 aliphatic rings. The topological polar surface area (TPSA) is 27.3 Å². The second kappa shape index (κ2) is 7.63. The predicted molar refractivity (Wildman–Crippen MR) is 100 cm³/mol. The molecule has 1 aromatic rings. The Hall–Kier alpha value is -1.13. The highest BCUT2D eigenvalue weighted by atomic mass is 32.1. The lowest BCUT2D eigenvalue weighted by atomic mass is 9.96. The summed E-state index contributed by atoms with van der Waals surface area (Å²) >= 11 is 5.45. The summed E-state index contributed by atoms with van der Waals surface area (Å²) in [5.74, 6) is 0.624. The molecule has 4 heteroatoms. The fourth-order valence-electron chi connectivity index (χ4n) is 3.98. The van der Waals surface area contributed by atoms with Crippen molar-refractivity contribution in [2.24, 2.45) is 5.92 Å². The average molecular weight is 332 g/mol. The Kier molecular flexibility index (Phi) is 5.54. The molecule has 2 fully saturated rings. The van der Waals surface area contributed by atoms with Crippen molar-refractivity contribution >= 4 is 17.3 Å². The van der Waals surface area contributed by atoms with Gasteiger partial charge in [-0.25, -0.2) is 0 Å². The molecule has 2 heterocycles. The number of hydrogen-bond acceptors (Lipinski definition) is 2. The number of benzene rings is 1. The maximum Gasteiger partial charge on any atom is 0.166 e. The maximum absolute atomic E-state index is 5.45. The van der Waals surface area contributed by atoms with E-state index in [0.717, 1.165) is 18.2 Å². The minimum atomic E-state index is 0.534. The molecule has 2 bridgehead atoms. The van der Waals surface area contributed by atoms with Crippen molar-refractivity contribution in [1.82, 2.24) is 15.5 Å². The van der Waals surface area contributed by atoms with E-state index >= 15 is 0 Å². The van der Waals surface area contributed by atoms with Gasteiger partial charge in [-0.3, -0.25) is 4.90 Å². The molecular weight excluding hydrogens is 302 g/mol. The van der Waals surface area contributed by atoms with Crippen molar-refractivity contribution in [1.29, 1.82) is 0 Å². The third-order valence-corrected chi connectivity index (χ3v) is 5.36. The van der Waals surface area contributed by atoms with Crippen LogP contribution in [-0.4, -0.2) is 34.7 Å². The first kappa shape index (κ1) is 16.7. The normalized spacial score (nSPS) is 27.2. The van der Waals surface area contributed by atoms with Crippen LogP contribution in [-0.2, 0) is 6.54 Å². The van der Waals surface area contributed by atoms with E-state index in [9.17, 15) is 0 Å². The molecule has 3 rings (SSSR count). The fourth-order valence-corrected chi connectivity index (χ4v) is 4.23. The van der Waals surface area contributed by atoms with Gasteiger partial charge in [0.2, 0.25) is 0 Å². The molecule has 0 radical (unpaired) electrons.